The van der Waals surface area contributed by atoms with Crippen LogP contribution in [0, 0.1) is 0 Å². The molecule has 0 fully saturated rings. The van der Waals surface area contributed by atoms with Crippen LogP contribution < -0.4 is 10.1 Å². The summed E-state index contributed by atoms with van der Waals surface area (Å²) in [7, 11) is 3.35. The van der Waals surface area contributed by atoms with Crippen LogP contribution in [0.3, 0.4) is 0 Å². The summed E-state index contributed by atoms with van der Waals surface area (Å²) < 4.78 is 10.1. The van der Waals surface area contributed by atoms with Gasteiger partial charge in [-0.05, 0) is 44.0 Å². The van der Waals surface area contributed by atoms with Crippen molar-refractivity contribution in [3.05, 3.63) is 23.8 Å². The van der Waals surface area contributed by atoms with Crippen molar-refractivity contribution in [3.63, 3.8) is 0 Å². The number of unbranched alkanes of at least 4 members (excludes halogenated alkanes) is 2. The summed E-state index contributed by atoms with van der Waals surface area (Å²) in [6.45, 7) is 2.43. The standard InChI is InChI=1S/C14H23NO3/c1-17-9-5-3-4-8-15-11-12-10-13(18-2)6-7-14(12)16/h6-7,10,15-16H,3-5,8-9,11H2,1-2H3. The Kier molecular flexibility index (Phi) is 7.22. The average Bonchev–Trinajstić information content (AvgIpc) is 2.39. The normalized spacial score (nSPS) is 10.6. The van der Waals surface area contributed by atoms with Crippen LogP contribution >= 0.6 is 0 Å². The van der Waals surface area contributed by atoms with E-state index in [2.05, 4.69) is 5.32 Å². The lowest BCUT2D eigenvalue weighted by Crippen LogP contribution is -2.15. The molecule has 1 aromatic rings. The van der Waals surface area contributed by atoms with Gasteiger partial charge < -0.3 is 19.9 Å². The summed E-state index contributed by atoms with van der Waals surface area (Å²) in [5.74, 6) is 1.08. The fourth-order valence-electron chi connectivity index (χ4n) is 1.73. The number of hydrogen-bond acceptors (Lipinski definition) is 4. The summed E-state index contributed by atoms with van der Waals surface area (Å²) in [6.07, 6.45) is 3.38. The smallest absolute Gasteiger partial charge is 0.120 e. The van der Waals surface area contributed by atoms with Crippen molar-refractivity contribution in [2.75, 3.05) is 27.4 Å². The molecule has 1 rings (SSSR count). The third-order valence-electron chi connectivity index (χ3n) is 2.80. The third kappa shape index (κ3) is 5.38. The van der Waals surface area contributed by atoms with Crippen LogP contribution in [0.25, 0.3) is 0 Å². The molecule has 0 unspecified atom stereocenters. The maximum atomic E-state index is 9.69. The highest BCUT2D eigenvalue weighted by atomic mass is 16.5. The molecule has 4 nitrogen and oxygen atoms in total. The molecule has 0 saturated carbocycles. The van der Waals surface area contributed by atoms with Gasteiger partial charge in [-0.1, -0.05) is 0 Å². The molecule has 18 heavy (non-hydrogen) atoms. The van der Waals surface area contributed by atoms with E-state index in [0.29, 0.717) is 12.3 Å². The molecule has 0 aromatic heterocycles. The zero-order valence-electron chi connectivity index (χ0n) is 11.2. The van der Waals surface area contributed by atoms with Gasteiger partial charge in [0.25, 0.3) is 0 Å². The number of phenolic OH excluding ortho intramolecular Hbond substituents is 1. The van der Waals surface area contributed by atoms with Crippen LogP contribution in [0.15, 0.2) is 18.2 Å². The minimum absolute atomic E-state index is 0.308. The Morgan fingerprint density at radius 3 is 2.72 bits per heavy atom. The third-order valence-corrected chi connectivity index (χ3v) is 2.80. The summed E-state index contributed by atoms with van der Waals surface area (Å²) in [4.78, 5) is 0. The maximum absolute atomic E-state index is 9.69. The zero-order chi connectivity index (χ0) is 13.2. The van der Waals surface area contributed by atoms with Crippen molar-refractivity contribution >= 4 is 0 Å². The number of ether oxygens (including phenoxy) is 2. The van der Waals surface area contributed by atoms with Crippen molar-refractivity contribution < 1.29 is 14.6 Å². The van der Waals surface area contributed by atoms with Gasteiger partial charge in [-0.15, -0.1) is 0 Å². The lowest BCUT2D eigenvalue weighted by atomic mass is 10.2. The molecule has 0 aliphatic rings. The molecule has 0 amide bonds. The topological polar surface area (TPSA) is 50.7 Å². The van der Waals surface area contributed by atoms with E-state index >= 15 is 0 Å². The number of aromatic hydroxyl groups is 1. The lowest BCUT2D eigenvalue weighted by molar-refractivity contribution is 0.192. The second-order valence-corrected chi connectivity index (χ2v) is 4.22. The second-order valence-electron chi connectivity index (χ2n) is 4.22. The van der Waals surface area contributed by atoms with Crippen LogP contribution in [0.1, 0.15) is 24.8 Å². The first-order valence-corrected chi connectivity index (χ1v) is 6.33. The van der Waals surface area contributed by atoms with Crippen LogP contribution in [0.4, 0.5) is 0 Å². The van der Waals surface area contributed by atoms with Gasteiger partial charge in [0, 0.05) is 25.8 Å². The number of rotatable bonds is 9. The monoisotopic (exact) mass is 253 g/mol. The molecule has 1 aromatic carbocycles. The van der Waals surface area contributed by atoms with Crippen molar-refractivity contribution in [1.82, 2.24) is 5.32 Å². The second kappa shape index (κ2) is 8.78. The molecule has 0 heterocycles. The summed E-state index contributed by atoms with van der Waals surface area (Å²) >= 11 is 0. The maximum Gasteiger partial charge on any atom is 0.120 e. The summed E-state index contributed by atoms with van der Waals surface area (Å²) in [5.41, 5.74) is 0.867. The Morgan fingerprint density at radius 1 is 1.17 bits per heavy atom. The van der Waals surface area contributed by atoms with Gasteiger partial charge in [0.1, 0.15) is 11.5 Å². The molecule has 0 spiro atoms. The van der Waals surface area contributed by atoms with Gasteiger partial charge in [-0.3, -0.25) is 0 Å². The molecule has 2 N–H and O–H groups in total. The van der Waals surface area contributed by atoms with E-state index in [4.69, 9.17) is 9.47 Å². The Balaban J connectivity index is 2.22. The predicted octanol–water partition coefficient (Wildman–Crippen LogP) is 2.31. The quantitative estimate of drug-likeness (QED) is 0.663. The molecule has 0 aliphatic heterocycles. The Hall–Kier alpha value is -1.26. The van der Waals surface area contributed by atoms with Crippen molar-refractivity contribution in [2.24, 2.45) is 0 Å². The predicted molar refractivity (Wildman–Crippen MR) is 72.1 cm³/mol. The van der Waals surface area contributed by atoms with Crippen LogP contribution in [-0.4, -0.2) is 32.5 Å². The SMILES string of the molecule is COCCCCCNCc1cc(OC)ccc1O. The van der Waals surface area contributed by atoms with Gasteiger partial charge in [-0.25, -0.2) is 0 Å². The first kappa shape index (κ1) is 14.8. The number of hydrogen-bond donors (Lipinski definition) is 2. The average molecular weight is 253 g/mol. The fraction of sp³-hybridized carbons (Fsp3) is 0.571. The number of benzene rings is 1. The highest BCUT2D eigenvalue weighted by molar-refractivity contribution is 5.39. The van der Waals surface area contributed by atoms with Crippen molar-refractivity contribution in [2.45, 2.75) is 25.8 Å². The Labute approximate surface area is 109 Å². The van der Waals surface area contributed by atoms with Crippen LogP contribution in [-0.2, 0) is 11.3 Å². The molecule has 0 bridgehead atoms. The van der Waals surface area contributed by atoms with E-state index in [1.165, 1.54) is 0 Å². The van der Waals surface area contributed by atoms with Crippen LogP contribution in [0.2, 0.25) is 0 Å². The Morgan fingerprint density at radius 2 is 2.00 bits per heavy atom. The van der Waals surface area contributed by atoms with E-state index < -0.39 is 0 Å². The molecule has 0 atom stereocenters. The molecular weight excluding hydrogens is 230 g/mol. The minimum Gasteiger partial charge on any atom is -0.508 e. The molecule has 0 aliphatic carbocycles. The molecule has 102 valence electrons. The summed E-state index contributed by atoms with van der Waals surface area (Å²) in [6, 6.07) is 5.27. The van der Waals surface area contributed by atoms with E-state index in [1.54, 1.807) is 26.4 Å². The van der Waals surface area contributed by atoms with Gasteiger partial charge in [0.15, 0.2) is 0 Å². The number of phenols is 1. The van der Waals surface area contributed by atoms with Crippen LogP contribution in [0.5, 0.6) is 11.5 Å². The highest BCUT2D eigenvalue weighted by Crippen LogP contribution is 2.22. The van der Waals surface area contributed by atoms with Gasteiger partial charge >= 0.3 is 0 Å². The molecular formula is C14H23NO3. The summed E-state index contributed by atoms with van der Waals surface area (Å²) in [5, 5.41) is 13.0. The van der Waals surface area contributed by atoms with Crippen molar-refractivity contribution in [3.8, 4) is 11.5 Å². The van der Waals surface area contributed by atoms with Gasteiger partial charge in [0.2, 0.25) is 0 Å². The minimum atomic E-state index is 0.308. The lowest BCUT2D eigenvalue weighted by Gasteiger charge is -2.08. The van der Waals surface area contributed by atoms with Gasteiger partial charge in [-0.2, -0.15) is 0 Å². The highest BCUT2D eigenvalue weighted by Gasteiger charge is 2.02. The molecule has 0 radical (unpaired) electrons. The largest absolute Gasteiger partial charge is 0.508 e. The molecule has 0 saturated heterocycles. The number of nitrogens with one attached hydrogen (secondary N) is 1. The van der Waals surface area contributed by atoms with Gasteiger partial charge in [0.05, 0.1) is 7.11 Å². The zero-order valence-corrected chi connectivity index (χ0v) is 11.2. The molecule has 4 heteroatoms. The number of methoxy groups -OCH3 is 2. The Bertz CT molecular complexity index is 342. The first-order valence-electron chi connectivity index (χ1n) is 6.33. The van der Waals surface area contributed by atoms with E-state index in [-0.39, 0.29) is 0 Å². The van der Waals surface area contributed by atoms with E-state index in [9.17, 15) is 5.11 Å². The van der Waals surface area contributed by atoms with Crippen molar-refractivity contribution in [1.29, 1.82) is 0 Å². The van der Waals surface area contributed by atoms with E-state index in [1.807, 2.05) is 6.07 Å². The van der Waals surface area contributed by atoms with E-state index in [0.717, 1.165) is 43.7 Å². The first-order chi connectivity index (χ1) is 8.77. The fourth-order valence-corrected chi connectivity index (χ4v) is 1.73.